The van der Waals surface area contributed by atoms with E-state index in [9.17, 15) is 9.59 Å². The van der Waals surface area contributed by atoms with Crippen LogP contribution in [0.4, 0.5) is 11.8 Å². The first-order valence-electron chi connectivity index (χ1n) is 7.97. The van der Waals surface area contributed by atoms with E-state index in [1.54, 1.807) is 13.1 Å². The lowest BCUT2D eigenvalue weighted by atomic mass is 10.3. The van der Waals surface area contributed by atoms with Gasteiger partial charge in [-0.3, -0.25) is 14.6 Å². The molecule has 0 aliphatic carbocycles. The van der Waals surface area contributed by atoms with Crippen molar-refractivity contribution in [1.82, 2.24) is 20.3 Å². The van der Waals surface area contributed by atoms with Crippen LogP contribution in [0.15, 0.2) is 35.4 Å². The summed E-state index contributed by atoms with van der Waals surface area (Å²) in [5.41, 5.74) is -0.383. The molecular formula is C16H20N6O2. The van der Waals surface area contributed by atoms with Gasteiger partial charge in [0, 0.05) is 45.1 Å². The van der Waals surface area contributed by atoms with Gasteiger partial charge in [-0.2, -0.15) is 0 Å². The molecule has 1 aliphatic rings. The number of H-pyrrole nitrogens is 1. The normalized spacial score (nSPS) is 14.5. The van der Waals surface area contributed by atoms with Gasteiger partial charge in [-0.25, -0.2) is 9.97 Å². The Morgan fingerprint density at radius 3 is 2.58 bits per heavy atom. The van der Waals surface area contributed by atoms with E-state index in [1.807, 2.05) is 23.1 Å². The summed E-state index contributed by atoms with van der Waals surface area (Å²) in [5.74, 6) is 1.04. The third-order valence-electron chi connectivity index (χ3n) is 3.92. The van der Waals surface area contributed by atoms with E-state index in [1.165, 1.54) is 6.20 Å². The van der Waals surface area contributed by atoms with Gasteiger partial charge in [0.1, 0.15) is 11.4 Å². The van der Waals surface area contributed by atoms with Gasteiger partial charge in [0.05, 0.1) is 0 Å². The Morgan fingerprint density at radius 1 is 1.21 bits per heavy atom. The topological polar surface area (TPSA) is 94.2 Å². The smallest absolute Gasteiger partial charge is 0.265 e. The third-order valence-corrected chi connectivity index (χ3v) is 3.92. The molecule has 0 atom stereocenters. The van der Waals surface area contributed by atoms with Gasteiger partial charge in [0.2, 0.25) is 5.95 Å². The zero-order chi connectivity index (χ0) is 16.9. The fourth-order valence-corrected chi connectivity index (χ4v) is 2.65. The van der Waals surface area contributed by atoms with Crippen molar-refractivity contribution in [3.05, 3.63) is 46.5 Å². The fourth-order valence-electron chi connectivity index (χ4n) is 2.65. The average Bonchev–Trinajstić information content (AvgIpc) is 2.62. The first kappa shape index (κ1) is 16.0. The molecule has 0 saturated carbocycles. The summed E-state index contributed by atoms with van der Waals surface area (Å²) in [6, 6.07) is 5.84. The maximum atomic E-state index is 12.1. The predicted molar refractivity (Wildman–Crippen MR) is 91.5 cm³/mol. The first-order chi connectivity index (χ1) is 11.7. The number of anilines is 2. The lowest BCUT2D eigenvalue weighted by Gasteiger charge is -2.35. The van der Waals surface area contributed by atoms with Gasteiger partial charge >= 0.3 is 0 Å². The SMILES string of the molecule is CCNC(=O)c1cnc(N2CCN(c3ccccn3)CC2)[nH]c1=O. The Morgan fingerprint density at radius 2 is 1.96 bits per heavy atom. The van der Waals surface area contributed by atoms with Crippen LogP contribution in [0.2, 0.25) is 0 Å². The number of amides is 1. The molecule has 0 unspecified atom stereocenters. The Hall–Kier alpha value is -2.90. The van der Waals surface area contributed by atoms with Crippen LogP contribution in [-0.4, -0.2) is 53.6 Å². The zero-order valence-electron chi connectivity index (χ0n) is 13.5. The Balaban J connectivity index is 1.67. The molecule has 1 amide bonds. The van der Waals surface area contributed by atoms with Crippen LogP contribution in [-0.2, 0) is 0 Å². The van der Waals surface area contributed by atoms with Crippen molar-refractivity contribution in [1.29, 1.82) is 0 Å². The van der Waals surface area contributed by atoms with E-state index in [0.29, 0.717) is 12.5 Å². The molecule has 3 rings (SSSR count). The van der Waals surface area contributed by atoms with Crippen LogP contribution < -0.4 is 20.7 Å². The molecule has 0 spiro atoms. The highest BCUT2D eigenvalue weighted by Crippen LogP contribution is 2.15. The van der Waals surface area contributed by atoms with E-state index in [4.69, 9.17) is 0 Å². The van der Waals surface area contributed by atoms with Crippen molar-refractivity contribution in [3.63, 3.8) is 0 Å². The minimum atomic E-state index is -0.418. The molecule has 2 N–H and O–H groups in total. The number of hydrogen-bond acceptors (Lipinski definition) is 6. The lowest BCUT2D eigenvalue weighted by Crippen LogP contribution is -2.48. The van der Waals surface area contributed by atoms with Crippen LogP contribution in [0.25, 0.3) is 0 Å². The van der Waals surface area contributed by atoms with Crippen molar-refractivity contribution < 1.29 is 4.79 Å². The third kappa shape index (κ3) is 3.37. The van der Waals surface area contributed by atoms with Crippen molar-refractivity contribution in [3.8, 4) is 0 Å². The summed E-state index contributed by atoms with van der Waals surface area (Å²) in [7, 11) is 0. The molecule has 8 heteroatoms. The second kappa shape index (κ2) is 7.12. The summed E-state index contributed by atoms with van der Waals surface area (Å²) in [4.78, 5) is 39.3. The van der Waals surface area contributed by atoms with Crippen molar-refractivity contribution in [2.24, 2.45) is 0 Å². The highest BCUT2D eigenvalue weighted by Gasteiger charge is 2.20. The van der Waals surface area contributed by atoms with Gasteiger partial charge in [-0.1, -0.05) is 6.07 Å². The minimum absolute atomic E-state index is 0.0349. The molecule has 8 nitrogen and oxygen atoms in total. The molecule has 2 aromatic rings. The number of nitrogens with zero attached hydrogens (tertiary/aromatic N) is 4. The second-order valence-electron chi connectivity index (χ2n) is 5.47. The highest BCUT2D eigenvalue weighted by molar-refractivity contribution is 5.93. The number of rotatable bonds is 4. The Bertz CT molecular complexity index is 753. The number of aromatic nitrogens is 3. The van der Waals surface area contributed by atoms with Crippen LogP contribution >= 0.6 is 0 Å². The second-order valence-corrected chi connectivity index (χ2v) is 5.47. The summed E-state index contributed by atoms with van der Waals surface area (Å²) in [6.07, 6.45) is 3.12. The molecule has 0 bridgehead atoms. The maximum Gasteiger partial charge on any atom is 0.265 e. The number of hydrogen-bond donors (Lipinski definition) is 2. The summed E-state index contributed by atoms with van der Waals surface area (Å²) in [5, 5.41) is 2.60. The Labute approximate surface area is 139 Å². The molecule has 24 heavy (non-hydrogen) atoms. The van der Waals surface area contributed by atoms with Crippen LogP contribution in [0.3, 0.4) is 0 Å². The van der Waals surface area contributed by atoms with E-state index in [2.05, 4.69) is 25.2 Å². The molecule has 2 aromatic heterocycles. The quantitative estimate of drug-likeness (QED) is 0.835. The van der Waals surface area contributed by atoms with Gasteiger partial charge < -0.3 is 15.1 Å². The van der Waals surface area contributed by atoms with E-state index in [-0.39, 0.29) is 5.56 Å². The monoisotopic (exact) mass is 328 g/mol. The van der Waals surface area contributed by atoms with Gasteiger partial charge in [0.25, 0.3) is 11.5 Å². The maximum absolute atomic E-state index is 12.1. The van der Waals surface area contributed by atoms with Crippen molar-refractivity contribution in [2.45, 2.75) is 6.92 Å². The number of piperazine rings is 1. The molecular weight excluding hydrogens is 308 g/mol. The molecule has 1 aliphatic heterocycles. The van der Waals surface area contributed by atoms with E-state index in [0.717, 1.165) is 32.0 Å². The van der Waals surface area contributed by atoms with Crippen molar-refractivity contribution >= 4 is 17.7 Å². The molecule has 3 heterocycles. The minimum Gasteiger partial charge on any atom is -0.353 e. The molecule has 1 fully saturated rings. The fraction of sp³-hybridized carbons (Fsp3) is 0.375. The largest absolute Gasteiger partial charge is 0.353 e. The number of carbonyl (C=O) groups excluding carboxylic acids is 1. The highest BCUT2D eigenvalue weighted by atomic mass is 16.2. The van der Waals surface area contributed by atoms with Gasteiger partial charge in [-0.05, 0) is 19.1 Å². The zero-order valence-corrected chi connectivity index (χ0v) is 13.5. The molecule has 1 saturated heterocycles. The molecule has 0 aromatic carbocycles. The van der Waals surface area contributed by atoms with Crippen LogP contribution in [0.5, 0.6) is 0 Å². The van der Waals surface area contributed by atoms with Gasteiger partial charge in [-0.15, -0.1) is 0 Å². The number of nitrogens with one attached hydrogen (secondary N) is 2. The Kier molecular flexibility index (Phi) is 4.74. The number of pyridine rings is 1. The standard InChI is InChI=1S/C16H20N6O2/c1-2-17-14(23)12-11-19-16(20-15(12)24)22-9-7-21(8-10-22)13-5-3-4-6-18-13/h3-6,11H,2,7-10H2,1H3,(H,17,23)(H,19,20,24). The van der Waals surface area contributed by atoms with Crippen LogP contribution in [0, 0.1) is 0 Å². The molecule has 126 valence electrons. The van der Waals surface area contributed by atoms with Crippen molar-refractivity contribution in [2.75, 3.05) is 42.5 Å². The van der Waals surface area contributed by atoms with E-state index >= 15 is 0 Å². The molecule has 0 radical (unpaired) electrons. The van der Waals surface area contributed by atoms with Gasteiger partial charge in [0.15, 0.2) is 0 Å². The number of carbonyl (C=O) groups is 1. The first-order valence-corrected chi connectivity index (χ1v) is 7.97. The average molecular weight is 328 g/mol. The lowest BCUT2D eigenvalue weighted by molar-refractivity contribution is 0.0954. The number of aromatic amines is 1. The summed E-state index contributed by atoms with van der Waals surface area (Å²) >= 11 is 0. The predicted octanol–water partition coefficient (Wildman–Crippen LogP) is 0.241. The van der Waals surface area contributed by atoms with Crippen LogP contribution in [0.1, 0.15) is 17.3 Å². The summed E-state index contributed by atoms with van der Waals surface area (Å²) in [6.45, 7) is 5.29. The van der Waals surface area contributed by atoms with E-state index < -0.39 is 11.5 Å². The summed E-state index contributed by atoms with van der Waals surface area (Å²) < 4.78 is 0.